The molecule has 0 aliphatic carbocycles. The molecule has 120 valence electrons. The van der Waals surface area contributed by atoms with Gasteiger partial charge in [0.15, 0.2) is 0 Å². The second-order valence-electron chi connectivity index (χ2n) is 6.64. The van der Waals surface area contributed by atoms with Crippen LogP contribution in [-0.4, -0.2) is 27.8 Å². The molecular formula is C16H29N3O2. The molecule has 0 fully saturated rings. The molecule has 1 heterocycles. The third kappa shape index (κ3) is 5.06. The molecule has 5 heteroatoms. The van der Waals surface area contributed by atoms with Gasteiger partial charge in [0.25, 0.3) is 0 Å². The lowest BCUT2D eigenvalue weighted by atomic mass is 9.95. The first-order valence-corrected chi connectivity index (χ1v) is 7.70. The van der Waals surface area contributed by atoms with Gasteiger partial charge in [0.2, 0.25) is 0 Å². The van der Waals surface area contributed by atoms with Crippen molar-refractivity contribution >= 4 is 6.09 Å². The Kier molecular flexibility index (Phi) is 5.81. The van der Waals surface area contributed by atoms with E-state index in [1.165, 1.54) is 0 Å². The monoisotopic (exact) mass is 295 g/mol. The summed E-state index contributed by atoms with van der Waals surface area (Å²) in [5, 5.41) is 2.79. The van der Waals surface area contributed by atoms with Crippen LogP contribution in [-0.2, 0) is 16.7 Å². The highest BCUT2D eigenvalue weighted by molar-refractivity contribution is 5.67. The third-order valence-corrected chi connectivity index (χ3v) is 3.87. The van der Waals surface area contributed by atoms with Crippen molar-refractivity contribution in [2.45, 2.75) is 71.9 Å². The van der Waals surface area contributed by atoms with Gasteiger partial charge in [0.05, 0.1) is 6.33 Å². The molecule has 1 amide bonds. The zero-order chi connectivity index (χ0) is 16.1. The van der Waals surface area contributed by atoms with Crippen LogP contribution in [0.25, 0.3) is 0 Å². The SMILES string of the molecule is CCC(C)(CC)n1cncc1CCNC(=O)OC(C)(C)C. The van der Waals surface area contributed by atoms with Crippen molar-refractivity contribution in [2.75, 3.05) is 6.54 Å². The van der Waals surface area contributed by atoms with Crippen LogP contribution in [0.5, 0.6) is 0 Å². The van der Waals surface area contributed by atoms with Crippen molar-refractivity contribution in [3.05, 3.63) is 18.2 Å². The zero-order valence-electron chi connectivity index (χ0n) is 14.2. The number of amides is 1. The van der Waals surface area contributed by atoms with E-state index < -0.39 is 5.60 Å². The lowest BCUT2D eigenvalue weighted by Crippen LogP contribution is -2.34. The van der Waals surface area contributed by atoms with Crippen LogP contribution in [0.1, 0.15) is 60.1 Å². The fraction of sp³-hybridized carbons (Fsp3) is 0.750. The summed E-state index contributed by atoms with van der Waals surface area (Å²) in [4.78, 5) is 15.9. The summed E-state index contributed by atoms with van der Waals surface area (Å²) < 4.78 is 7.45. The van der Waals surface area contributed by atoms with Gasteiger partial charge in [-0.05, 0) is 40.5 Å². The van der Waals surface area contributed by atoms with E-state index in [1.54, 1.807) is 0 Å². The van der Waals surface area contributed by atoms with E-state index in [-0.39, 0.29) is 11.6 Å². The maximum absolute atomic E-state index is 11.6. The van der Waals surface area contributed by atoms with E-state index in [4.69, 9.17) is 4.74 Å². The molecule has 0 aromatic carbocycles. The fourth-order valence-electron chi connectivity index (χ4n) is 2.19. The second kappa shape index (κ2) is 6.96. The van der Waals surface area contributed by atoms with E-state index in [1.807, 2.05) is 33.3 Å². The Morgan fingerprint density at radius 3 is 2.43 bits per heavy atom. The number of imidazole rings is 1. The minimum absolute atomic E-state index is 0.0811. The molecule has 1 N–H and O–H groups in total. The van der Waals surface area contributed by atoms with Crippen LogP contribution in [0.3, 0.4) is 0 Å². The molecule has 0 saturated carbocycles. The first kappa shape index (κ1) is 17.5. The van der Waals surface area contributed by atoms with E-state index in [0.29, 0.717) is 6.54 Å². The normalized spacial score (nSPS) is 12.3. The van der Waals surface area contributed by atoms with Crippen LogP contribution >= 0.6 is 0 Å². The Balaban J connectivity index is 2.58. The van der Waals surface area contributed by atoms with Gasteiger partial charge in [-0.25, -0.2) is 9.78 Å². The molecule has 5 nitrogen and oxygen atoms in total. The zero-order valence-corrected chi connectivity index (χ0v) is 14.2. The number of hydrogen-bond donors (Lipinski definition) is 1. The van der Waals surface area contributed by atoms with Crippen molar-refractivity contribution in [2.24, 2.45) is 0 Å². The average molecular weight is 295 g/mol. The highest BCUT2D eigenvalue weighted by Crippen LogP contribution is 2.26. The summed E-state index contributed by atoms with van der Waals surface area (Å²) in [6, 6.07) is 0. The molecule has 0 aliphatic heterocycles. The lowest BCUT2D eigenvalue weighted by Gasteiger charge is -2.30. The van der Waals surface area contributed by atoms with Gasteiger partial charge in [-0.3, -0.25) is 0 Å². The Morgan fingerprint density at radius 2 is 1.90 bits per heavy atom. The van der Waals surface area contributed by atoms with Crippen LogP contribution in [0, 0.1) is 0 Å². The molecule has 1 aromatic heterocycles. The van der Waals surface area contributed by atoms with E-state index >= 15 is 0 Å². The van der Waals surface area contributed by atoms with Crippen molar-refractivity contribution in [1.29, 1.82) is 0 Å². The maximum atomic E-state index is 11.6. The smallest absolute Gasteiger partial charge is 0.407 e. The highest BCUT2D eigenvalue weighted by atomic mass is 16.6. The number of ether oxygens (including phenoxy) is 1. The van der Waals surface area contributed by atoms with Gasteiger partial charge >= 0.3 is 6.09 Å². The molecule has 0 aliphatic rings. The summed E-state index contributed by atoms with van der Waals surface area (Å²) in [6.45, 7) is 12.7. The minimum Gasteiger partial charge on any atom is -0.444 e. The van der Waals surface area contributed by atoms with Crippen molar-refractivity contribution in [1.82, 2.24) is 14.9 Å². The highest BCUT2D eigenvalue weighted by Gasteiger charge is 2.24. The second-order valence-corrected chi connectivity index (χ2v) is 6.64. The molecule has 0 unspecified atom stereocenters. The number of carbonyl (C=O) groups is 1. The quantitative estimate of drug-likeness (QED) is 0.874. The molecule has 0 atom stereocenters. The number of rotatable bonds is 6. The fourth-order valence-corrected chi connectivity index (χ4v) is 2.19. The van der Waals surface area contributed by atoms with Gasteiger partial charge in [-0.15, -0.1) is 0 Å². The van der Waals surface area contributed by atoms with Crippen molar-refractivity contribution in [3.63, 3.8) is 0 Å². The Labute approximate surface area is 128 Å². The Hall–Kier alpha value is -1.52. The van der Waals surface area contributed by atoms with Gasteiger partial charge < -0.3 is 14.6 Å². The summed E-state index contributed by atoms with van der Waals surface area (Å²) in [5.41, 5.74) is 0.754. The van der Waals surface area contributed by atoms with E-state index in [0.717, 1.165) is 25.0 Å². The van der Waals surface area contributed by atoms with Gasteiger partial charge in [-0.2, -0.15) is 0 Å². The molecule has 1 aromatic rings. The Morgan fingerprint density at radius 1 is 1.29 bits per heavy atom. The largest absolute Gasteiger partial charge is 0.444 e. The maximum Gasteiger partial charge on any atom is 0.407 e. The van der Waals surface area contributed by atoms with Crippen LogP contribution < -0.4 is 5.32 Å². The first-order valence-electron chi connectivity index (χ1n) is 7.70. The Bertz CT molecular complexity index is 456. The molecule has 0 radical (unpaired) electrons. The summed E-state index contributed by atoms with van der Waals surface area (Å²) in [7, 11) is 0. The van der Waals surface area contributed by atoms with Crippen LogP contribution in [0.2, 0.25) is 0 Å². The molecule has 0 spiro atoms. The molecule has 0 bridgehead atoms. The lowest BCUT2D eigenvalue weighted by molar-refractivity contribution is 0.0528. The predicted molar refractivity (Wildman–Crippen MR) is 84.4 cm³/mol. The molecule has 0 saturated heterocycles. The number of nitrogens with zero attached hydrogens (tertiary/aromatic N) is 2. The predicted octanol–water partition coefficient (Wildman–Crippen LogP) is 3.49. The molecule has 21 heavy (non-hydrogen) atoms. The third-order valence-electron chi connectivity index (χ3n) is 3.87. The summed E-state index contributed by atoms with van der Waals surface area (Å²) >= 11 is 0. The first-order chi connectivity index (χ1) is 9.72. The number of hydrogen-bond acceptors (Lipinski definition) is 3. The van der Waals surface area contributed by atoms with Crippen molar-refractivity contribution in [3.8, 4) is 0 Å². The number of aromatic nitrogens is 2. The standard InChI is InChI=1S/C16H29N3O2/c1-7-16(6,8-2)19-12-17-11-13(19)9-10-18-14(20)21-15(3,4)5/h11-12H,7-10H2,1-6H3,(H,18,20). The van der Waals surface area contributed by atoms with Gasteiger partial charge in [-0.1, -0.05) is 13.8 Å². The van der Waals surface area contributed by atoms with Crippen LogP contribution in [0.4, 0.5) is 4.79 Å². The van der Waals surface area contributed by atoms with Crippen LogP contribution in [0.15, 0.2) is 12.5 Å². The van der Waals surface area contributed by atoms with Gasteiger partial charge in [0.1, 0.15) is 5.60 Å². The number of alkyl carbamates (subject to hydrolysis) is 1. The van der Waals surface area contributed by atoms with E-state index in [2.05, 4.69) is 35.6 Å². The number of carbonyl (C=O) groups excluding carboxylic acids is 1. The van der Waals surface area contributed by atoms with Gasteiger partial charge in [0, 0.05) is 30.4 Å². The number of nitrogens with one attached hydrogen (secondary N) is 1. The summed E-state index contributed by atoms with van der Waals surface area (Å²) in [6.07, 6.45) is 6.23. The van der Waals surface area contributed by atoms with E-state index in [9.17, 15) is 4.79 Å². The molecular weight excluding hydrogens is 266 g/mol. The summed E-state index contributed by atoms with van der Waals surface area (Å²) in [5.74, 6) is 0. The van der Waals surface area contributed by atoms with Crippen molar-refractivity contribution < 1.29 is 9.53 Å². The molecule has 1 rings (SSSR count). The topological polar surface area (TPSA) is 56.2 Å². The average Bonchev–Trinajstić information content (AvgIpc) is 2.84. The minimum atomic E-state index is -0.463.